The lowest BCUT2D eigenvalue weighted by atomic mass is 10.2. The van der Waals surface area contributed by atoms with Gasteiger partial charge in [-0.1, -0.05) is 6.92 Å². The summed E-state index contributed by atoms with van der Waals surface area (Å²) < 4.78 is 26.3. The SMILES string of the molecule is CCc1ncc(S(=O)(=O)Nc2ccc(O)cc2[N+](=O)[O-])[nH]1. The van der Waals surface area contributed by atoms with Crippen LogP contribution in [0.3, 0.4) is 0 Å². The lowest BCUT2D eigenvalue weighted by Gasteiger charge is -2.07. The van der Waals surface area contributed by atoms with Crippen molar-refractivity contribution < 1.29 is 18.4 Å². The van der Waals surface area contributed by atoms with Gasteiger partial charge in [-0.3, -0.25) is 14.8 Å². The normalized spacial score (nSPS) is 11.3. The third-order valence-corrected chi connectivity index (χ3v) is 3.93. The monoisotopic (exact) mass is 312 g/mol. The maximum absolute atomic E-state index is 12.1. The number of imidazole rings is 1. The van der Waals surface area contributed by atoms with Crippen molar-refractivity contribution in [3.63, 3.8) is 0 Å². The summed E-state index contributed by atoms with van der Waals surface area (Å²) in [5.74, 6) is 0.148. The van der Waals surface area contributed by atoms with Crippen molar-refractivity contribution in [3.05, 3.63) is 40.3 Å². The van der Waals surface area contributed by atoms with Crippen LogP contribution in [-0.4, -0.2) is 28.4 Å². The van der Waals surface area contributed by atoms with E-state index in [1.165, 1.54) is 0 Å². The van der Waals surface area contributed by atoms with Crippen LogP contribution in [0, 0.1) is 10.1 Å². The van der Waals surface area contributed by atoms with E-state index in [0.29, 0.717) is 12.2 Å². The van der Waals surface area contributed by atoms with Crippen LogP contribution in [0.4, 0.5) is 11.4 Å². The number of aromatic hydroxyl groups is 1. The van der Waals surface area contributed by atoms with E-state index in [4.69, 9.17) is 0 Å². The molecule has 0 saturated carbocycles. The van der Waals surface area contributed by atoms with Gasteiger partial charge in [-0.2, -0.15) is 8.42 Å². The Bertz CT molecular complexity index is 784. The number of anilines is 1. The van der Waals surface area contributed by atoms with Crippen molar-refractivity contribution >= 4 is 21.4 Å². The van der Waals surface area contributed by atoms with Gasteiger partial charge in [0, 0.05) is 6.42 Å². The summed E-state index contributed by atoms with van der Waals surface area (Å²) in [7, 11) is -4.03. The third-order valence-electron chi connectivity index (χ3n) is 2.65. The highest BCUT2D eigenvalue weighted by atomic mass is 32.2. The molecule has 1 heterocycles. The Hall–Kier alpha value is -2.62. The third kappa shape index (κ3) is 3.11. The van der Waals surface area contributed by atoms with Gasteiger partial charge < -0.3 is 10.1 Å². The van der Waals surface area contributed by atoms with Crippen molar-refractivity contribution in [1.29, 1.82) is 0 Å². The lowest BCUT2D eigenvalue weighted by Crippen LogP contribution is -2.14. The molecule has 0 fully saturated rings. The Morgan fingerprint density at radius 3 is 2.76 bits per heavy atom. The Labute approximate surface area is 119 Å². The molecule has 0 aliphatic rings. The van der Waals surface area contributed by atoms with Gasteiger partial charge in [-0.15, -0.1) is 0 Å². The molecule has 0 amide bonds. The number of aryl methyl sites for hydroxylation is 1. The van der Waals surface area contributed by atoms with Crippen LogP contribution < -0.4 is 4.72 Å². The number of phenols is 1. The van der Waals surface area contributed by atoms with Gasteiger partial charge in [0.25, 0.3) is 15.7 Å². The molecule has 0 spiro atoms. The molecule has 2 rings (SSSR count). The second kappa shape index (κ2) is 5.40. The summed E-state index contributed by atoms with van der Waals surface area (Å²) in [6.45, 7) is 1.80. The first-order chi connectivity index (χ1) is 9.83. The molecular weight excluding hydrogens is 300 g/mol. The summed E-state index contributed by atoms with van der Waals surface area (Å²) in [4.78, 5) is 16.6. The highest BCUT2D eigenvalue weighted by Gasteiger charge is 2.22. The van der Waals surface area contributed by atoms with Crippen LogP contribution in [0.5, 0.6) is 5.75 Å². The number of nitrogens with one attached hydrogen (secondary N) is 2. The van der Waals surface area contributed by atoms with Crippen LogP contribution >= 0.6 is 0 Å². The van der Waals surface area contributed by atoms with Gasteiger partial charge in [0.2, 0.25) is 0 Å². The number of benzene rings is 1. The van der Waals surface area contributed by atoms with Crippen LogP contribution in [0.2, 0.25) is 0 Å². The number of nitrogens with zero attached hydrogens (tertiary/aromatic N) is 2. The molecule has 0 bridgehead atoms. The molecule has 2 aromatic rings. The molecule has 0 aliphatic heterocycles. The molecular formula is C11H12N4O5S. The molecule has 0 unspecified atom stereocenters. The number of nitro benzene ring substituents is 1. The number of phenolic OH excluding ortho intramolecular Hbond substituents is 1. The lowest BCUT2D eigenvalue weighted by molar-refractivity contribution is -0.384. The van der Waals surface area contributed by atoms with Crippen molar-refractivity contribution in [1.82, 2.24) is 9.97 Å². The van der Waals surface area contributed by atoms with E-state index in [1.807, 2.05) is 0 Å². The highest BCUT2D eigenvalue weighted by Crippen LogP contribution is 2.29. The standard InChI is InChI=1S/C11H12N4O5S/c1-2-10-12-6-11(13-10)21(19,20)14-8-4-3-7(16)5-9(8)15(17)18/h3-6,14,16H,2H2,1H3,(H,12,13). The van der Waals surface area contributed by atoms with E-state index in [9.17, 15) is 23.6 Å². The average molecular weight is 312 g/mol. The van der Waals surface area contributed by atoms with Gasteiger partial charge in [0.1, 0.15) is 17.3 Å². The second-order valence-corrected chi connectivity index (χ2v) is 5.76. The van der Waals surface area contributed by atoms with Crippen LogP contribution in [0.25, 0.3) is 0 Å². The number of sulfonamides is 1. The van der Waals surface area contributed by atoms with Gasteiger partial charge >= 0.3 is 0 Å². The number of H-pyrrole nitrogens is 1. The molecule has 0 atom stereocenters. The summed E-state index contributed by atoms with van der Waals surface area (Å²) in [6.07, 6.45) is 1.66. The van der Waals surface area contributed by atoms with E-state index < -0.39 is 20.6 Å². The minimum absolute atomic E-state index is 0.193. The summed E-state index contributed by atoms with van der Waals surface area (Å²) in [5, 5.41) is 19.9. The zero-order valence-electron chi connectivity index (χ0n) is 10.9. The Morgan fingerprint density at radius 1 is 1.48 bits per heavy atom. The Morgan fingerprint density at radius 2 is 2.19 bits per heavy atom. The van der Waals surface area contributed by atoms with E-state index in [0.717, 1.165) is 24.4 Å². The average Bonchev–Trinajstić information content (AvgIpc) is 2.90. The maximum Gasteiger partial charge on any atom is 0.297 e. The van der Waals surface area contributed by atoms with Crippen molar-refractivity contribution in [2.45, 2.75) is 18.4 Å². The summed E-state index contributed by atoms with van der Waals surface area (Å²) in [5.41, 5.74) is -0.792. The summed E-state index contributed by atoms with van der Waals surface area (Å²) >= 11 is 0. The van der Waals surface area contributed by atoms with Crippen LogP contribution in [0.15, 0.2) is 29.4 Å². The molecule has 21 heavy (non-hydrogen) atoms. The fourth-order valence-electron chi connectivity index (χ4n) is 1.62. The number of rotatable bonds is 5. The fraction of sp³-hybridized carbons (Fsp3) is 0.182. The first-order valence-electron chi connectivity index (χ1n) is 5.87. The van der Waals surface area contributed by atoms with E-state index in [1.54, 1.807) is 6.92 Å². The first kappa shape index (κ1) is 14.8. The second-order valence-electron chi connectivity index (χ2n) is 4.11. The summed E-state index contributed by atoms with van der Waals surface area (Å²) in [6, 6.07) is 3.12. The number of nitro groups is 1. The van der Waals surface area contributed by atoms with Gasteiger partial charge in [-0.25, -0.2) is 4.98 Å². The van der Waals surface area contributed by atoms with E-state index in [-0.39, 0.29) is 16.5 Å². The minimum Gasteiger partial charge on any atom is -0.508 e. The Kier molecular flexibility index (Phi) is 3.80. The molecule has 1 aromatic carbocycles. The van der Waals surface area contributed by atoms with Crippen LogP contribution in [0.1, 0.15) is 12.7 Å². The number of aromatic amines is 1. The molecule has 9 nitrogen and oxygen atoms in total. The molecule has 0 radical (unpaired) electrons. The molecule has 0 aliphatic carbocycles. The van der Waals surface area contributed by atoms with E-state index >= 15 is 0 Å². The smallest absolute Gasteiger partial charge is 0.297 e. The molecule has 1 aromatic heterocycles. The van der Waals surface area contributed by atoms with Crippen molar-refractivity contribution in [2.75, 3.05) is 4.72 Å². The molecule has 3 N–H and O–H groups in total. The van der Waals surface area contributed by atoms with Gasteiger partial charge in [0.05, 0.1) is 17.2 Å². The quantitative estimate of drug-likeness (QED) is 0.433. The highest BCUT2D eigenvalue weighted by molar-refractivity contribution is 7.92. The Balaban J connectivity index is 2.39. The molecule has 0 saturated heterocycles. The number of hydrogen-bond donors (Lipinski definition) is 3. The topological polar surface area (TPSA) is 138 Å². The van der Waals surface area contributed by atoms with Crippen molar-refractivity contribution in [2.24, 2.45) is 0 Å². The predicted octanol–water partition coefficient (Wildman–Crippen LogP) is 1.39. The van der Waals surface area contributed by atoms with Gasteiger partial charge in [-0.05, 0) is 12.1 Å². The van der Waals surface area contributed by atoms with Crippen LogP contribution in [-0.2, 0) is 16.4 Å². The maximum atomic E-state index is 12.1. The number of aromatic nitrogens is 2. The zero-order chi connectivity index (χ0) is 15.6. The molecule has 10 heteroatoms. The first-order valence-corrected chi connectivity index (χ1v) is 7.36. The number of hydrogen-bond acceptors (Lipinski definition) is 6. The molecule has 112 valence electrons. The van der Waals surface area contributed by atoms with Gasteiger partial charge in [0.15, 0.2) is 5.03 Å². The van der Waals surface area contributed by atoms with E-state index in [2.05, 4.69) is 14.7 Å². The zero-order valence-corrected chi connectivity index (χ0v) is 11.7. The minimum atomic E-state index is -4.03. The largest absolute Gasteiger partial charge is 0.508 e. The fourth-order valence-corrected chi connectivity index (χ4v) is 2.63. The van der Waals surface area contributed by atoms with Crippen molar-refractivity contribution in [3.8, 4) is 5.75 Å². The predicted molar refractivity (Wildman–Crippen MR) is 73.5 cm³/mol.